The Hall–Kier alpha value is -2.07. The third-order valence-electron chi connectivity index (χ3n) is 2.08. The first-order valence-electron chi connectivity index (χ1n) is 4.88. The Balaban J connectivity index is 3.28. The minimum absolute atomic E-state index is 0.197. The molecule has 0 aromatic heterocycles. The molecule has 0 aliphatic rings. The summed E-state index contributed by atoms with van der Waals surface area (Å²) in [6, 6.07) is 1.50. The Morgan fingerprint density at radius 2 is 2.00 bits per heavy atom. The number of sulfonamides is 1. The number of benzene rings is 1. The number of rotatable bonds is 4. The van der Waals surface area contributed by atoms with Gasteiger partial charge in [-0.3, -0.25) is 20.3 Å². The lowest BCUT2D eigenvalue weighted by molar-refractivity contribution is -0.387. The van der Waals surface area contributed by atoms with Gasteiger partial charge >= 0.3 is 5.69 Å². The zero-order valence-electron chi connectivity index (χ0n) is 9.93. The summed E-state index contributed by atoms with van der Waals surface area (Å²) in [7, 11) is -4.20. The molecule has 0 radical (unpaired) electrons. The summed E-state index contributed by atoms with van der Waals surface area (Å²) < 4.78 is 36.8. The third-order valence-corrected chi connectivity index (χ3v) is 3.30. The molecule has 0 bridgehead atoms. The highest BCUT2D eigenvalue weighted by atomic mass is 32.2. The summed E-state index contributed by atoms with van der Waals surface area (Å²) in [5.41, 5.74) is 0.674. The molecule has 1 aromatic carbocycles. The van der Waals surface area contributed by atoms with Crippen LogP contribution in [0.5, 0.6) is 0 Å². The maximum absolute atomic E-state index is 13.4. The number of nitro benzene ring substituents is 1. The number of hydrazine groups is 1. The fourth-order valence-corrected chi connectivity index (χ4v) is 2.20. The van der Waals surface area contributed by atoms with E-state index in [0.717, 1.165) is 13.0 Å². The summed E-state index contributed by atoms with van der Waals surface area (Å²) in [6.45, 7) is 2.26. The van der Waals surface area contributed by atoms with Gasteiger partial charge in [0.25, 0.3) is 10.0 Å². The van der Waals surface area contributed by atoms with E-state index >= 15 is 0 Å². The number of amides is 1. The van der Waals surface area contributed by atoms with Crippen LogP contribution in [-0.2, 0) is 14.8 Å². The van der Waals surface area contributed by atoms with E-state index in [9.17, 15) is 27.7 Å². The fourth-order valence-electron chi connectivity index (χ4n) is 1.20. The van der Waals surface area contributed by atoms with Gasteiger partial charge in [-0.2, -0.15) is 4.39 Å². The van der Waals surface area contributed by atoms with Crippen LogP contribution in [0.1, 0.15) is 12.5 Å². The van der Waals surface area contributed by atoms with Crippen molar-refractivity contribution in [2.75, 3.05) is 0 Å². The molecule has 1 rings (SSSR count). The summed E-state index contributed by atoms with van der Waals surface area (Å²) in [5, 5.41) is 10.6. The number of hydrogen-bond acceptors (Lipinski definition) is 5. The molecule has 1 aromatic rings. The first-order valence-corrected chi connectivity index (χ1v) is 6.36. The predicted octanol–water partition coefficient (Wildman–Crippen LogP) is 0.372. The molecule has 0 aliphatic heterocycles. The average Bonchev–Trinajstić information content (AvgIpc) is 2.29. The van der Waals surface area contributed by atoms with E-state index in [-0.39, 0.29) is 5.56 Å². The van der Waals surface area contributed by atoms with Crippen LogP contribution in [0.25, 0.3) is 0 Å². The lowest BCUT2D eigenvalue weighted by atomic mass is 10.2. The Bertz CT molecular complexity index is 644. The molecule has 0 saturated heterocycles. The molecule has 0 fully saturated rings. The number of carbonyl (C=O) groups is 1. The van der Waals surface area contributed by atoms with Crippen molar-refractivity contribution in [1.29, 1.82) is 0 Å². The SMILES string of the molecule is CC(=O)NNS(=O)(=O)c1cc(C)c(F)c([N+](=O)[O-])c1. The first-order chi connectivity index (χ1) is 8.65. The van der Waals surface area contributed by atoms with E-state index in [1.165, 1.54) is 6.92 Å². The number of hydrogen-bond donors (Lipinski definition) is 2. The van der Waals surface area contributed by atoms with Gasteiger partial charge < -0.3 is 0 Å². The van der Waals surface area contributed by atoms with Crippen LogP contribution < -0.4 is 10.3 Å². The topological polar surface area (TPSA) is 118 Å². The molecule has 104 valence electrons. The van der Waals surface area contributed by atoms with Crippen molar-refractivity contribution in [2.24, 2.45) is 0 Å². The van der Waals surface area contributed by atoms with Crippen LogP contribution in [0.4, 0.5) is 10.1 Å². The zero-order valence-corrected chi connectivity index (χ0v) is 10.7. The monoisotopic (exact) mass is 291 g/mol. The molecule has 0 heterocycles. The normalized spacial score (nSPS) is 11.1. The molecule has 0 aliphatic carbocycles. The number of carbonyl (C=O) groups excluding carboxylic acids is 1. The third kappa shape index (κ3) is 3.45. The first kappa shape index (κ1) is 15.0. The summed E-state index contributed by atoms with van der Waals surface area (Å²) >= 11 is 0. The molecule has 0 atom stereocenters. The van der Waals surface area contributed by atoms with Crippen molar-refractivity contribution >= 4 is 21.6 Å². The van der Waals surface area contributed by atoms with Crippen molar-refractivity contribution in [1.82, 2.24) is 10.3 Å². The summed E-state index contributed by atoms with van der Waals surface area (Å²) in [6.07, 6.45) is 0. The van der Waals surface area contributed by atoms with Crippen molar-refractivity contribution in [2.45, 2.75) is 18.7 Å². The quantitative estimate of drug-likeness (QED) is 0.613. The standard InChI is InChI=1S/C9H10FN3O5S/c1-5-3-7(4-8(9(5)10)13(15)16)19(17,18)12-11-6(2)14/h3-4,12H,1-2H3,(H,11,14). The number of halogens is 1. The molecule has 2 N–H and O–H groups in total. The van der Waals surface area contributed by atoms with Crippen LogP contribution >= 0.6 is 0 Å². The molecule has 10 heteroatoms. The Kier molecular flexibility index (Phi) is 4.17. The van der Waals surface area contributed by atoms with Crippen molar-refractivity contribution in [3.05, 3.63) is 33.6 Å². The molecule has 19 heavy (non-hydrogen) atoms. The van der Waals surface area contributed by atoms with Gasteiger partial charge in [-0.25, -0.2) is 8.42 Å². The van der Waals surface area contributed by atoms with E-state index < -0.39 is 37.3 Å². The zero-order chi connectivity index (χ0) is 14.8. The lowest BCUT2D eigenvalue weighted by Crippen LogP contribution is -2.40. The van der Waals surface area contributed by atoms with Crippen LogP contribution in [-0.4, -0.2) is 19.2 Å². The number of nitrogens with one attached hydrogen (secondary N) is 2. The molecule has 1 amide bonds. The van der Waals surface area contributed by atoms with E-state index in [0.29, 0.717) is 6.07 Å². The van der Waals surface area contributed by atoms with Gasteiger partial charge in [0.1, 0.15) is 0 Å². The van der Waals surface area contributed by atoms with E-state index in [4.69, 9.17) is 0 Å². The van der Waals surface area contributed by atoms with E-state index in [2.05, 4.69) is 0 Å². The minimum atomic E-state index is -4.20. The molecular formula is C9H10FN3O5S. The number of aryl methyl sites for hydroxylation is 1. The highest BCUT2D eigenvalue weighted by molar-refractivity contribution is 7.89. The van der Waals surface area contributed by atoms with Gasteiger partial charge in [-0.15, -0.1) is 4.83 Å². The van der Waals surface area contributed by atoms with Crippen LogP contribution in [0.15, 0.2) is 17.0 Å². The number of nitrogens with zero attached hydrogens (tertiary/aromatic N) is 1. The van der Waals surface area contributed by atoms with Gasteiger partial charge in [0, 0.05) is 13.0 Å². The molecular weight excluding hydrogens is 281 g/mol. The minimum Gasteiger partial charge on any atom is -0.278 e. The Morgan fingerprint density at radius 3 is 2.47 bits per heavy atom. The molecule has 0 spiro atoms. The van der Waals surface area contributed by atoms with Crippen LogP contribution in [0.3, 0.4) is 0 Å². The lowest BCUT2D eigenvalue weighted by Gasteiger charge is -2.08. The molecule has 0 saturated carbocycles. The highest BCUT2D eigenvalue weighted by Gasteiger charge is 2.23. The van der Waals surface area contributed by atoms with Gasteiger partial charge in [0.2, 0.25) is 11.7 Å². The van der Waals surface area contributed by atoms with Gasteiger partial charge in [0.05, 0.1) is 9.82 Å². The van der Waals surface area contributed by atoms with E-state index in [1.54, 1.807) is 4.83 Å². The van der Waals surface area contributed by atoms with Gasteiger partial charge in [0.15, 0.2) is 0 Å². The average molecular weight is 291 g/mol. The maximum atomic E-state index is 13.4. The maximum Gasteiger partial charge on any atom is 0.306 e. The van der Waals surface area contributed by atoms with E-state index in [1.807, 2.05) is 5.43 Å². The predicted molar refractivity (Wildman–Crippen MR) is 61.9 cm³/mol. The van der Waals surface area contributed by atoms with Gasteiger partial charge in [-0.05, 0) is 18.6 Å². The summed E-state index contributed by atoms with van der Waals surface area (Å²) in [5.74, 6) is -1.78. The Labute approximate surface area is 107 Å². The largest absolute Gasteiger partial charge is 0.306 e. The Morgan fingerprint density at radius 1 is 1.42 bits per heavy atom. The van der Waals surface area contributed by atoms with Crippen molar-refractivity contribution in [3.63, 3.8) is 0 Å². The van der Waals surface area contributed by atoms with Crippen LogP contribution in [0, 0.1) is 22.9 Å². The molecule has 8 nitrogen and oxygen atoms in total. The number of nitro groups is 1. The van der Waals surface area contributed by atoms with Crippen molar-refractivity contribution < 1.29 is 22.5 Å². The van der Waals surface area contributed by atoms with Crippen LogP contribution in [0.2, 0.25) is 0 Å². The molecule has 0 unspecified atom stereocenters. The fraction of sp³-hybridized carbons (Fsp3) is 0.222. The second-order valence-electron chi connectivity index (χ2n) is 3.62. The second-order valence-corrected chi connectivity index (χ2v) is 5.30. The highest BCUT2D eigenvalue weighted by Crippen LogP contribution is 2.24. The van der Waals surface area contributed by atoms with Crippen molar-refractivity contribution in [3.8, 4) is 0 Å². The second kappa shape index (κ2) is 5.28. The van der Waals surface area contributed by atoms with Gasteiger partial charge in [-0.1, -0.05) is 0 Å². The smallest absolute Gasteiger partial charge is 0.278 e. The summed E-state index contributed by atoms with van der Waals surface area (Å²) in [4.78, 5) is 21.4.